The third-order valence-electron chi connectivity index (χ3n) is 0.473. The van der Waals surface area contributed by atoms with Crippen LogP contribution in [0, 0.1) is 12.3 Å². The molecule has 0 rings (SSSR count). The highest BCUT2D eigenvalue weighted by molar-refractivity contribution is 7.81. The van der Waals surface area contributed by atoms with Gasteiger partial charge in [-0.25, -0.2) is 0 Å². The topological polar surface area (TPSA) is 37.3 Å². The highest BCUT2D eigenvalue weighted by atomic mass is 32.1. The summed E-state index contributed by atoms with van der Waals surface area (Å²) in [6, 6.07) is 0. The Morgan fingerprint density at radius 1 is 1.88 bits per heavy atom. The molecule has 8 heavy (non-hydrogen) atoms. The molecule has 0 radical (unpaired) electrons. The van der Waals surface area contributed by atoms with E-state index >= 15 is 0 Å². The number of rotatable bonds is 2. The van der Waals surface area contributed by atoms with E-state index in [-0.39, 0.29) is 11.3 Å². The van der Waals surface area contributed by atoms with Crippen molar-refractivity contribution in [2.75, 3.05) is 0 Å². The minimum atomic E-state index is -0.979. The summed E-state index contributed by atoms with van der Waals surface area (Å²) in [6.45, 7) is 0. The molecule has 0 aliphatic carbocycles. The third kappa shape index (κ3) is 3.32. The first-order chi connectivity index (χ1) is 3.66. The number of carbonyl (C=O) groups is 1. The van der Waals surface area contributed by atoms with Crippen molar-refractivity contribution >= 4 is 23.1 Å². The van der Waals surface area contributed by atoms with Crippen LogP contribution in [0.25, 0.3) is 0 Å². The van der Waals surface area contributed by atoms with Crippen molar-refractivity contribution in [3.05, 3.63) is 0 Å². The average Bonchev–Trinajstić information content (AvgIpc) is 1.65. The predicted octanol–water partition coefficient (Wildman–Crippen LogP) is 0.464. The van der Waals surface area contributed by atoms with Crippen molar-refractivity contribution < 1.29 is 9.90 Å². The first kappa shape index (κ1) is 7.12. The van der Waals surface area contributed by atoms with Crippen molar-refractivity contribution in [3.63, 3.8) is 0 Å². The van der Waals surface area contributed by atoms with Crippen LogP contribution in [0.4, 0.5) is 0 Å². The van der Waals surface area contributed by atoms with Gasteiger partial charge in [0, 0.05) is 0 Å². The Balaban J connectivity index is 3.61. The van der Waals surface area contributed by atoms with Crippen LogP contribution in [0.2, 0.25) is 0 Å². The summed E-state index contributed by atoms with van der Waals surface area (Å²) in [5.41, 5.74) is 0. The van der Waals surface area contributed by atoms with Crippen LogP contribution in [-0.4, -0.2) is 15.9 Å². The van der Waals surface area contributed by atoms with Gasteiger partial charge in [-0.15, -0.1) is 6.42 Å². The largest absolute Gasteiger partial charge is 0.481 e. The maximum atomic E-state index is 9.79. The lowest BCUT2D eigenvalue weighted by Gasteiger charge is -1.83. The van der Waals surface area contributed by atoms with Gasteiger partial charge in [0.1, 0.15) is 0 Å². The van der Waals surface area contributed by atoms with Crippen molar-refractivity contribution in [1.29, 1.82) is 0 Å². The maximum Gasteiger partial charge on any atom is 0.309 e. The molecular formula is C5H4O2S. The van der Waals surface area contributed by atoms with E-state index in [0.29, 0.717) is 0 Å². The van der Waals surface area contributed by atoms with Crippen LogP contribution in [0.5, 0.6) is 0 Å². The molecule has 2 nitrogen and oxygen atoms in total. The lowest BCUT2D eigenvalue weighted by Crippen LogP contribution is -2.00. The van der Waals surface area contributed by atoms with Gasteiger partial charge in [0.15, 0.2) is 0 Å². The number of aliphatic carboxylic acids is 1. The van der Waals surface area contributed by atoms with E-state index in [1.165, 1.54) is 0 Å². The molecule has 0 saturated carbocycles. The number of carboxylic acids is 1. The number of hydrogen-bond donors (Lipinski definition) is 1. The van der Waals surface area contributed by atoms with E-state index in [1.54, 1.807) is 0 Å². The molecule has 3 heteroatoms. The molecule has 0 unspecified atom stereocenters. The Labute approximate surface area is 52.5 Å². The summed E-state index contributed by atoms with van der Waals surface area (Å²) in [4.78, 5) is 9.92. The SMILES string of the molecule is C#CC(=S)CC(=O)O. The van der Waals surface area contributed by atoms with Crippen LogP contribution in [-0.2, 0) is 4.79 Å². The second-order valence-corrected chi connectivity index (χ2v) is 1.63. The number of thiocarbonyl (C=S) groups is 1. The lowest BCUT2D eigenvalue weighted by molar-refractivity contribution is -0.135. The smallest absolute Gasteiger partial charge is 0.309 e. The Morgan fingerprint density at radius 2 is 2.38 bits per heavy atom. The molecule has 1 N–H and O–H groups in total. The van der Waals surface area contributed by atoms with Gasteiger partial charge in [-0.3, -0.25) is 4.79 Å². The minimum absolute atomic E-state index is 0.137. The normalized spacial score (nSPS) is 7.38. The summed E-state index contributed by atoms with van der Waals surface area (Å²) >= 11 is 4.41. The molecule has 42 valence electrons. The summed E-state index contributed by atoms with van der Waals surface area (Å²) in [7, 11) is 0. The van der Waals surface area contributed by atoms with E-state index in [4.69, 9.17) is 11.5 Å². The van der Waals surface area contributed by atoms with Gasteiger partial charge in [0.25, 0.3) is 0 Å². The fraction of sp³-hybridized carbons (Fsp3) is 0.200. The molecule has 0 bridgehead atoms. The molecule has 0 amide bonds. The molecule has 0 aliphatic rings. The summed E-state index contributed by atoms with van der Waals surface area (Å²) in [5.74, 6) is 1.07. The standard InChI is InChI=1S/C5H4O2S/c1-2-4(8)3-5(6)7/h1H,3H2,(H,6,7). The minimum Gasteiger partial charge on any atom is -0.481 e. The lowest BCUT2D eigenvalue weighted by atomic mass is 10.3. The van der Waals surface area contributed by atoms with E-state index < -0.39 is 5.97 Å². The van der Waals surface area contributed by atoms with Crippen LogP contribution in [0.3, 0.4) is 0 Å². The zero-order chi connectivity index (χ0) is 6.57. The highest BCUT2D eigenvalue weighted by Crippen LogP contribution is 1.82. The molecule has 0 saturated heterocycles. The third-order valence-corrected chi connectivity index (χ3v) is 0.735. The van der Waals surface area contributed by atoms with E-state index in [1.807, 2.05) is 5.92 Å². The van der Waals surface area contributed by atoms with Gasteiger partial charge >= 0.3 is 5.97 Å². The highest BCUT2D eigenvalue weighted by Gasteiger charge is 1.97. The zero-order valence-corrected chi connectivity index (χ0v) is 4.86. The van der Waals surface area contributed by atoms with Crippen molar-refractivity contribution in [3.8, 4) is 12.3 Å². The van der Waals surface area contributed by atoms with Crippen LogP contribution >= 0.6 is 12.2 Å². The molecule has 0 spiro atoms. The Bertz CT molecular complexity index is 154. The molecule has 0 fully saturated rings. The number of carboxylic acid groups (broad SMARTS) is 1. The van der Waals surface area contributed by atoms with Crippen LogP contribution in [0.1, 0.15) is 6.42 Å². The predicted molar refractivity (Wildman–Crippen MR) is 33.7 cm³/mol. The van der Waals surface area contributed by atoms with E-state index in [2.05, 4.69) is 12.2 Å². The van der Waals surface area contributed by atoms with Gasteiger partial charge in [0.2, 0.25) is 0 Å². The van der Waals surface area contributed by atoms with E-state index in [0.717, 1.165) is 0 Å². The van der Waals surface area contributed by atoms with Gasteiger partial charge in [-0.1, -0.05) is 18.1 Å². The number of hydrogen-bond acceptors (Lipinski definition) is 2. The Kier molecular flexibility index (Phi) is 2.82. The van der Waals surface area contributed by atoms with Crippen molar-refractivity contribution in [2.24, 2.45) is 0 Å². The summed E-state index contributed by atoms with van der Waals surface area (Å²) in [5, 5.41) is 8.03. The van der Waals surface area contributed by atoms with Gasteiger partial charge in [0.05, 0.1) is 11.3 Å². The Hall–Kier alpha value is -0.880. The molecule has 0 aromatic carbocycles. The molecule has 0 aromatic heterocycles. The first-order valence-corrected chi connectivity index (χ1v) is 2.29. The molecule has 0 aromatic rings. The van der Waals surface area contributed by atoms with Gasteiger partial charge in [-0.2, -0.15) is 0 Å². The molecule has 0 aliphatic heterocycles. The van der Waals surface area contributed by atoms with Gasteiger partial charge in [-0.05, 0) is 0 Å². The average molecular weight is 128 g/mol. The number of terminal acetylenes is 1. The zero-order valence-electron chi connectivity index (χ0n) is 4.05. The fourth-order valence-corrected chi connectivity index (χ4v) is 0.312. The first-order valence-electron chi connectivity index (χ1n) is 1.88. The van der Waals surface area contributed by atoms with E-state index in [9.17, 15) is 4.79 Å². The maximum absolute atomic E-state index is 9.79. The quantitative estimate of drug-likeness (QED) is 0.433. The van der Waals surface area contributed by atoms with Crippen LogP contribution < -0.4 is 0 Å². The van der Waals surface area contributed by atoms with Crippen molar-refractivity contribution in [2.45, 2.75) is 6.42 Å². The second kappa shape index (κ2) is 3.16. The van der Waals surface area contributed by atoms with Crippen molar-refractivity contribution in [1.82, 2.24) is 0 Å². The monoisotopic (exact) mass is 128 g/mol. The van der Waals surface area contributed by atoms with Gasteiger partial charge < -0.3 is 5.11 Å². The Morgan fingerprint density at radius 3 is 2.50 bits per heavy atom. The molecular weight excluding hydrogens is 124 g/mol. The van der Waals surface area contributed by atoms with Crippen LogP contribution in [0.15, 0.2) is 0 Å². The summed E-state index contributed by atoms with van der Waals surface area (Å²) < 4.78 is 0. The summed E-state index contributed by atoms with van der Waals surface area (Å²) in [6.07, 6.45) is 4.56. The molecule has 0 heterocycles. The molecule has 0 atom stereocenters. The second-order valence-electron chi connectivity index (χ2n) is 1.14. The fourth-order valence-electron chi connectivity index (χ4n) is 0.188.